The zero-order valence-corrected chi connectivity index (χ0v) is 12.2. The molecule has 0 saturated heterocycles. The fraction of sp³-hybridized carbons (Fsp3) is 0.250. The summed E-state index contributed by atoms with van der Waals surface area (Å²) in [7, 11) is 1.72. The Morgan fingerprint density at radius 3 is 2.76 bits per heavy atom. The molecule has 0 atom stereocenters. The van der Waals surface area contributed by atoms with E-state index in [2.05, 4.69) is 0 Å². The number of nitrogen functional groups attached to an aromatic ring is 1. The first-order valence-corrected chi connectivity index (χ1v) is 6.71. The van der Waals surface area contributed by atoms with Gasteiger partial charge in [-0.1, -0.05) is 29.8 Å². The van der Waals surface area contributed by atoms with E-state index in [0.29, 0.717) is 12.2 Å². The average Bonchev–Trinajstić information content (AvgIpc) is 2.43. The molecule has 5 heteroatoms. The first-order chi connectivity index (χ1) is 9.95. The van der Waals surface area contributed by atoms with E-state index in [-0.39, 0.29) is 18.0 Å². The zero-order chi connectivity index (χ0) is 15.4. The SMILES string of the molecule is Cc1cccc(CN(C)C(=O)Cn2cc(N)ccc2=O)c1. The molecule has 110 valence electrons. The molecule has 0 aliphatic rings. The third-order valence-electron chi connectivity index (χ3n) is 3.24. The van der Waals surface area contributed by atoms with Crippen molar-refractivity contribution in [3.63, 3.8) is 0 Å². The third kappa shape index (κ3) is 3.95. The molecule has 21 heavy (non-hydrogen) atoms. The molecule has 0 bridgehead atoms. The van der Waals surface area contributed by atoms with Gasteiger partial charge >= 0.3 is 0 Å². The van der Waals surface area contributed by atoms with E-state index in [0.717, 1.165) is 11.1 Å². The van der Waals surface area contributed by atoms with Crippen LogP contribution in [0.3, 0.4) is 0 Å². The molecule has 0 aliphatic carbocycles. The molecular formula is C16H19N3O2. The Morgan fingerprint density at radius 1 is 1.29 bits per heavy atom. The van der Waals surface area contributed by atoms with E-state index in [9.17, 15) is 9.59 Å². The number of hydrogen-bond donors (Lipinski definition) is 1. The van der Waals surface area contributed by atoms with Crippen molar-refractivity contribution in [2.45, 2.75) is 20.0 Å². The van der Waals surface area contributed by atoms with Crippen LogP contribution >= 0.6 is 0 Å². The van der Waals surface area contributed by atoms with E-state index >= 15 is 0 Å². The van der Waals surface area contributed by atoms with Crippen LogP contribution in [0.25, 0.3) is 0 Å². The topological polar surface area (TPSA) is 68.3 Å². The van der Waals surface area contributed by atoms with Crippen molar-refractivity contribution in [3.8, 4) is 0 Å². The van der Waals surface area contributed by atoms with Crippen molar-refractivity contribution in [2.75, 3.05) is 12.8 Å². The molecule has 1 aromatic carbocycles. The van der Waals surface area contributed by atoms with Gasteiger partial charge < -0.3 is 15.2 Å². The maximum absolute atomic E-state index is 12.2. The number of nitrogens with two attached hydrogens (primary N) is 1. The van der Waals surface area contributed by atoms with Crippen LogP contribution in [0.2, 0.25) is 0 Å². The number of amides is 1. The molecule has 2 N–H and O–H groups in total. The molecule has 0 spiro atoms. The first-order valence-electron chi connectivity index (χ1n) is 6.71. The van der Waals surface area contributed by atoms with Gasteiger partial charge in [0.05, 0.1) is 0 Å². The lowest BCUT2D eigenvalue weighted by atomic mass is 10.1. The van der Waals surface area contributed by atoms with Crippen molar-refractivity contribution >= 4 is 11.6 Å². The average molecular weight is 285 g/mol. The smallest absolute Gasteiger partial charge is 0.251 e. The lowest BCUT2D eigenvalue weighted by Crippen LogP contribution is -2.33. The summed E-state index contributed by atoms with van der Waals surface area (Å²) in [4.78, 5) is 25.5. The minimum absolute atomic E-state index is 0.00775. The second kappa shape index (κ2) is 6.26. The minimum Gasteiger partial charge on any atom is -0.398 e. The molecule has 5 nitrogen and oxygen atoms in total. The van der Waals surface area contributed by atoms with Gasteiger partial charge in [-0.15, -0.1) is 0 Å². The highest BCUT2D eigenvalue weighted by molar-refractivity contribution is 5.75. The summed E-state index contributed by atoms with van der Waals surface area (Å²) in [6.07, 6.45) is 1.49. The summed E-state index contributed by atoms with van der Waals surface area (Å²) in [5, 5.41) is 0. The lowest BCUT2D eigenvalue weighted by molar-refractivity contribution is -0.131. The fourth-order valence-electron chi connectivity index (χ4n) is 2.11. The van der Waals surface area contributed by atoms with Crippen molar-refractivity contribution in [2.24, 2.45) is 0 Å². The van der Waals surface area contributed by atoms with Crippen LogP contribution in [0.15, 0.2) is 47.4 Å². The highest BCUT2D eigenvalue weighted by Crippen LogP contribution is 2.07. The summed E-state index contributed by atoms with van der Waals surface area (Å²) in [5.74, 6) is -0.135. The van der Waals surface area contributed by atoms with Crippen LogP contribution in [-0.2, 0) is 17.9 Å². The van der Waals surface area contributed by atoms with E-state index in [1.165, 1.54) is 22.9 Å². The minimum atomic E-state index is -0.235. The van der Waals surface area contributed by atoms with Gasteiger partial charge in [0, 0.05) is 31.5 Å². The Labute approximate surface area is 123 Å². The molecule has 0 fully saturated rings. The molecule has 2 rings (SSSR count). The van der Waals surface area contributed by atoms with Crippen molar-refractivity contribution in [1.82, 2.24) is 9.47 Å². The molecule has 1 amide bonds. The van der Waals surface area contributed by atoms with Crippen LogP contribution in [0.4, 0.5) is 5.69 Å². The summed E-state index contributed by atoms with van der Waals surface area (Å²) in [6.45, 7) is 2.52. The number of pyridine rings is 1. The molecule has 2 aromatic rings. The summed E-state index contributed by atoms with van der Waals surface area (Å²) >= 11 is 0. The Morgan fingerprint density at radius 2 is 2.05 bits per heavy atom. The number of likely N-dealkylation sites (N-methyl/N-ethyl adjacent to an activating group) is 1. The van der Waals surface area contributed by atoms with Crippen LogP contribution in [0, 0.1) is 6.92 Å². The van der Waals surface area contributed by atoms with E-state index in [1.807, 2.05) is 31.2 Å². The van der Waals surface area contributed by atoms with Gasteiger partial charge in [-0.3, -0.25) is 9.59 Å². The first kappa shape index (κ1) is 14.8. The predicted molar refractivity (Wildman–Crippen MR) is 82.8 cm³/mol. The lowest BCUT2D eigenvalue weighted by Gasteiger charge is -2.18. The van der Waals surface area contributed by atoms with Gasteiger partial charge in [-0.05, 0) is 18.6 Å². The molecule has 1 heterocycles. The second-order valence-electron chi connectivity index (χ2n) is 5.17. The quantitative estimate of drug-likeness (QED) is 0.923. The number of carbonyl (C=O) groups excluding carboxylic acids is 1. The summed E-state index contributed by atoms with van der Waals surface area (Å²) in [5.41, 5.74) is 8.08. The van der Waals surface area contributed by atoms with Crippen molar-refractivity contribution < 1.29 is 4.79 Å². The maximum Gasteiger partial charge on any atom is 0.251 e. The Bertz CT molecular complexity index is 707. The van der Waals surface area contributed by atoms with Crippen molar-refractivity contribution in [1.29, 1.82) is 0 Å². The normalized spacial score (nSPS) is 10.4. The maximum atomic E-state index is 12.2. The summed E-state index contributed by atoms with van der Waals surface area (Å²) in [6, 6.07) is 10.9. The number of carbonyl (C=O) groups is 1. The molecule has 0 aliphatic heterocycles. The predicted octanol–water partition coefficient (Wildman–Crippen LogP) is 1.40. The Kier molecular flexibility index (Phi) is 4.42. The van der Waals surface area contributed by atoms with Gasteiger partial charge in [0.25, 0.3) is 5.56 Å². The number of aryl methyl sites for hydroxylation is 1. The van der Waals surface area contributed by atoms with Gasteiger partial charge in [0.15, 0.2) is 0 Å². The number of rotatable bonds is 4. The Balaban J connectivity index is 2.06. The third-order valence-corrected chi connectivity index (χ3v) is 3.24. The molecular weight excluding hydrogens is 266 g/mol. The number of nitrogens with zero attached hydrogens (tertiary/aromatic N) is 2. The highest BCUT2D eigenvalue weighted by Gasteiger charge is 2.11. The van der Waals surface area contributed by atoms with Crippen LogP contribution in [0.5, 0.6) is 0 Å². The molecule has 0 radical (unpaired) electrons. The second-order valence-corrected chi connectivity index (χ2v) is 5.17. The van der Waals surface area contributed by atoms with Crippen LogP contribution < -0.4 is 11.3 Å². The van der Waals surface area contributed by atoms with E-state index in [1.54, 1.807) is 11.9 Å². The zero-order valence-electron chi connectivity index (χ0n) is 12.2. The molecule has 1 aromatic heterocycles. The molecule has 0 saturated carbocycles. The number of aromatic nitrogens is 1. The molecule has 0 unspecified atom stereocenters. The van der Waals surface area contributed by atoms with E-state index in [4.69, 9.17) is 5.73 Å². The van der Waals surface area contributed by atoms with Gasteiger partial charge in [0.2, 0.25) is 5.91 Å². The number of anilines is 1. The van der Waals surface area contributed by atoms with Crippen LogP contribution in [0.1, 0.15) is 11.1 Å². The standard InChI is InChI=1S/C16H19N3O2/c1-12-4-3-5-13(8-12)9-18(2)16(21)11-19-10-14(17)6-7-15(19)20/h3-8,10H,9,11,17H2,1-2H3. The number of hydrogen-bond acceptors (Lipinski definition) is 3. The monoisotopic (exact) mass is 285 g/mol. The fourth-order valence-corrected chi connectivity index (χ4v) is 2.11. The number of benzene rings is 1. The largest absolute Gasteiger partial charge is 0.398 e. The van der Waals surface area contributed by atoms with Crippen LogP contribution in [-0.4, -0.2) is 22.4 Å². The Hall–Kier alpha value is -2.56. The van der Waals surface area contributed by atoms with Gasteiger partial charge in [-0.2, -0.15) is 0 Å². The highest BCUT2D eigenvalue weighted by atomic mass is 16.2. The van der Waals surface area contributed by atoms with E-state index < -0.39 is 0 Å². The van der Waals surface area contributed by atoms with Gasteiger partial charge in [-0.25, -0.2) is 0 Å². The van der Waals surface area contributed by atoms with Gasteiger partial charge in [0.1, 0.15) is 6.54 Å². The van der Waals surface area contributed by atoms with Crippen molar-refractivity contribution in [3.05, 3.63) is 64.1 Å². The summed E-state index contributed by atoms with van der Waals surface area (Å²) < 4.78 is 1.32.